The molecule has 0 N–H and O–H groups in total. The van der Waals surface area contributed by atoms with Gasteiger partial charge in [0.25, 0.3) is 0 Å². The van der Waals surface area contributed by atoms with E-state index in [4.69, 9.17) is 31.7 Å². The van der Waals surface area contributed by atoms with Crippen LogP contribution in [0, 0.1) is 0 Å². The number of furan rings is 1. The topological polar surface area (TPSA) is 56.7 Å². The first-order valence-corrected chi connectivity index (χ1v) is 11.7. The Morgan fingerprint density at radius 2 is 1.21 bits per heavy atom. The molecule has 3 aromatic heterocycles. The van der Waals surface area contributed by atoms with E-state index in [-0.39, 0.29) is 61.3 Å². The number of benzene rings is 5. The molecule has 0 bridgehead atoms. The third-order valence-corrected chi connectivity index (χ3v) is 6.36. The average Bonchev–Trinajstić information content (AvgIpc) is 3.69. The fourth-order valence-electron chi connectivity index (χ4n) is 4.67. The highest BCUT2D eigenvalue weighted by Gasteiger charge is 2.21. The molecule has 0 unspecified atom stereocenters. The highest BCUT2D eigenvalue weighted by atomic mass is 16.3. The van der Waals surface area contributed by atoms with Crippen LogP contribution in [0.5, 0.6) is 0 Å². The molecule has 8 aromatic rings. The monoisotopic (exact) mass is 498 g/mol. The molecule has 5 heteroatoms. The molecule has 0 aliphatic rings. The summed E-state index contributed by atoms with van der Waals surface area (Å²) < 4.78 is 94.4. The van der Waals surface area contributed by atoms with Crippen molar-refractivity contribution < 1.29 is 18.1 Å². The maximum atomic E-state index is 9.28. The zero-order chi connectivity index (χ0) is 33.8. The number of fused-ring (bicyclic) bond motifs is 7. The lowest BCUT2D eigenvalue weighted by Gasteiger charge is -2.10. The van der Waals surface area contributed by atoms with Gasteiger partial charge >= 0.3 is 0 Å². The number of aromatic nitrogens is 4. The van der Waals surface area contributed by atoms with Gasteiger partial charge in [0.15, 0.2) is 11.6 Å². The summed E-state index contributed by atoms with van der Waals surface area (Å²) in [6.07, 6.45) is 0. The third kappa shape index (κ3) is 3.09. The van der Waals surface area contributed by atoms with Crippen molar-refractivity contribution in [2.75, 3.05) is 0 Å². The zero-order valence-corrected chi connectivity index (χ0v) is 19.5. The van der Waals surface area contributed by atoms with Crippen molar-refractivity contribution in [1.29, 1.82) is 0 Å². The van der Waals surface area contributed by atoms with E-state index in [1.165, 1.54) is 4.57 Å². The van der Waals surface area contributed by atoms with E-state index in [1.54, 1.807) is 24.3 Å². The molecule has 38 heavy (non-hydrogen) atoms. The molecule has 0 aliphatic heterocycles. The van der Waals surface area contributed by atoms with Gasteiger partial charge in [0, 0.05) is 27.3 Å². The molecule has 0 saturated carbocycles. The third-order valence-electron chi connectivity index (χ3n) is 6.36. The standard InChI is InChI=1S/C33H20N4O/c1-3-11-21(12-4-1)31-34-32(22-13-5-2-6-14-22)36-33(35-31)37-26-17-9-7-16-25(26)29-27(37)20-19-24-23-15-8-10-18-28(23)38-30(24)29/h1-20H/i7D,8D,9D,10D,15D,16D,17D,18D,19D,20D. The quantitative estimate of drug-likeness (QED) is 0.246. The van der Waals surface area contributed by atoms with Crippen LogP contribution >= 0.6 is 0 Å². The molecule has 0 spiro atoms. The average molecular weight is 499 g/mol. The number of hydrogen-bond acceptors (Lipinski definition) is 4. The van der Waals surface area contributed by atoms with Gasteiger partial charge in [-0.3, -0.25) is 4.57 Å². The second kappa shape index (κ2) is 8.11. The minimum Gasteiger partial charge on any atom is -0.455 e. The minimum absolute atomic E-state index is 0.0176. The van der Waals surface area contributed by atoms with Crippen molar-refractivity contribution in [1.82, 2.24) is 19.5 Å². The number of hydrogen-bond donors (Lipinski definition) is 0. The maximum absolute atomic E-state index is 9.28. The Morgan fingerprint density at radius 1 is 0.579 bits per heavy atom. The van der Waals surface area contributed by atoms with Crippen molar-refractivity contribution in [3.63, 3.8) is 0 Å². The van der Waals surface area contributed by atoms with E-state index in [0.29, 0.717) is 11.1 Å². The van der Waals surface area contributed by atoms with Crippen molar-refractivity contribution in [3.8, 4) is 28.7 Å². The first kappa shape index (κ1) is 13.3. The molecule has 0 saturated heterocycles. The van der Waals surface area contributed by atoms with Crippen molar-refractivity contribution in [2.24, 2.45) is 0 Å². The maximum Gasteiger partial charge on any atom is 0.238 e. The first-order valence-electron chi connectivity index (χ1n) is 16.7. The Hall–Kier alpha value is -5.29. The van der Waals surface area contributed by atoms with Crippen LogP contribution in [0.3, 0.4) is 0 Å². The van der Waals surface area contributed by atoms with E-state index in [0.717, 1.165) is 0 Å². The summed E-state index contributed by atoms with van der Waals surface area (Å²) in [5.41, 5.74) is 0.764. The second-order valence-electron chi connectivity index (χ2n) is 8.56. The molecule has 0 atom stereocenters. The summed E-state index contributed by atoms with van der Waals surface area (Å²) in [6, 6.07) is 13.3. The van der Waals surface area contributed by atoms with Gasteiger partial charge in [0.2, 0.25) is 5.95 Å². The van der Waals surface area contributed by atoms with Crippen molar-refractivity contribution >= 4 is 43.7 Å². The Morgan fingerprint density at radius 3 is 1.92 bits per heavy atom. The Kier molecular flexibility index (Phi) is 2.84. The molecule has 0 amide bonds. The molecule has 3 heterocycles. The number of rotatable bonds is 3. The molecule has 178 valence electrons. The van der Waals surface area contributed by atoms with Gasteiger partial charge in [0.05, 0.1) is 30.1 Å². The van der Waals surface area contributed by atoms with Crippen LogP contribution in [0.4, 0.5) is 0 Å². The van der Waals surface area contributed by atoms with Crippen LogP contribution in [0.15, 0.2) is 126 Å². The van der Waals surface area contributed by atoms with Crippen LogP contribution in [-0.4, -0.2) is 19.5 Å². The highest BCUT2D eigenvalue weighted by Crippen LogP contribution is 2.40. The Balaban J connectivity index is 1.63. The molecule has 0 radical (unpaired) electrons. The molecule has 5 aromatic carbocycles. The van der Waals surface area contributed by atoms with Gasteiger partial charge in [-0.2, -0.15) is 9.97 Å². The summed E-state index contributed by atoms with van der Waals surface area (Å²) in [5.74, 6) is 0.420. The van der Waals surface area contributed by atoms with Crippen LogP contribution in [0.2, 0.25) is 0 Å². The van der Waals surface area contributed by atoms with Gasteiger partial charge < -0.3 is 4.42 Å². The predicted octanol–water partition coefficient (Wildman–Crippen LogP) is 8.20. The van der Waals surface area contributed by atoms with Crippen LogP contribution in [0.25, 0.3) is 72.5 Å². The fraction of sp³-hybridized carbons (Fsp3) is 0. The highest BCUT2D eigenvalue weighted by molar-refractivity contribution is 6.23. The lowest BCUT2D eigenvalue weighted by atomic mass is 10.1. The van der Waals surface area contributed by atoms with E-state index in [2.05, 4.69) is 0 Å². The number of nitrogens with zero attached hydrogens (tertiary/aromatic N) is 4. The Labute approximate surface area is 231 Å². The first-order chi connectivity index (χ1) is 23.0. The van der Waals surface area contributed by atoms with E-state index in [9.17, 15) is 1.37 Å². The van der Waals surface area contributed by atoms with Gasteiger partial charge in [-0.15, -0.1) is 0 Å². The van der Waals surface area contributed by atoms with Crippen LogP contribution < -0.4 is 0 Å². The predicted molar refractivity (Wildman–Crippen MR) is 152 cm³/mol. The summed E-state index contributed by atoms with van der Waals surface area (Å²) in [4.78, 5) is 14.2. The van der Waals surface area contributed by atoms with E-state index in [1.807, 2.05) is 36.4 Å². The fourth-order valence-corrected chi connectivity index (χ4v) is 4.67. The lowest BCUT2D eigenvalue weighted by Crippen LogP contribution is -2.06. The lowest BCUT2D eigenvalue weighted by molar-refractivity contribution is 0.673. The minimum atomic E-state index is -0.549. The van der Waals surface area contributed by atoms with Crippen molar-refractivity contribution in [3.05, 3.63) is 121 Å². The SMILES string of the molecule is [2H]c1c([2H])c([2H])c2c(oc3c2c([2H])c([2H])c2c3c3c([2H])c([2H])c([2H])c([2H])c3n2-c2nc(-c3ccccc3)nc(-c3ccccc3)n2)c1[2H]. The molecule has 5 nitrogen and oxygen atoms in total. The van der Waals surface area contributed by atoms with Gasteiger partial charge in [-0.25, -0.2) is 4.98 Å². The second-order valence-corrected chi connectivity index (χ2v) is 8.56. The number of para-hydroxylation sites is 2. The van der Waals surface area contributed by atoms with Gasteiger partial charge in [-0.05, 0) is 24.2 Å². The normalized spacial score (nSPS) is 15.4. The summed E-state index contributed by atoms with van der Waals surface area (Å²) in [7, 11) is 0. The largest absolute Gasteiger partial charge is 0.455 e. The summed E-state index contributed by atoms with van der Waals surface area (Å²) in [5, 5.41) is -0.210. The molecular formula is C33H20N4O. The molecule has 0 fully saturated rings. The summed E-state index contributed by atoms with van der Waals surface area (Å²) >= 11 is 0. The van der Waals surface area contributed by atoms with Crippen LogP contribution in [0.1, 0.15) is 13.7 Å². The van der Waals surface area contributed by atoms with E-state index < -0.39 is 60.4 Å². The zero-order valence-electron chi connectivity index (χ0n) is 29.5. The van der Waals surface area contributed by atoms with Crippen LogP contribution in [-0.2, 0) is 0 Å². The smallest absolute Gasteiger partial charge is 0.238 e. The van der Waals surface area contributed by atoms with Gasteiger partial charge in [0.1, 0.15) is 11.2 Å². The van der Waals surface area contributed by atoms with Crippen molar-refractivity contribution in [2.45, 2.75) is 0 Å². The van der Waals surface area contributed by atoms with Gasteiger partial charge in [-0.1, -0.05) is 96.9 Å². The Bertz CT molecular complexity index is 2620. The van der Waals surface area contributed by atoms with E-state index >= 15 is 0 Å². The molecular weight excluding hydrogens is 468 g/mol. The molecule has 0 aliphatic carbocycles. The molecule has 8 rings (SSSR count). The summed E-state index contributed by atoms with van der Waals surface area (Å²) in [6.45, 7) is 0.